The van der Waals surface area contributed by atoms with E-state index in [1.165, 1.54) is 7.11 Å². The Bertz CT molecular complexity index is 598. The molecule has 0 bridgehead atoms. The van der Waals surface area contributed by atoms with Crippen molar-refractivity contribution in [2.75, 3.05) is 13.7 Å². The van der Waals surface area contributed by atoms with Crippen molar-refractivity contribution in [3.8, 4) is 11.5 Å². The third kappa shape index (κ3) is 4.74. The molecule has 2 N–H and O–H groups in total. The number of hydrazine groups is 1. The van der Waals surface area contributed by atoms with Gasteiger partial charge in [-0.15, -0.1) is 0 Å². The molecule has 2 amide bonds. The highest BCUT2D eigenvalue weighted by Gasteiger charge is 2.15. The maximum absolute atomic E-state index is 12.1. The number of carbonyl (C=O) groups is 2. The summed E-state index contributed by atoms with van der Waals surface area (Å²) in [6.07, 6.45) is 6.48. The summed E-state index contributed by atoms with van der Waals surface area (Å²) in [6.45, 7) is 2.38. The number of ether oxygens (including phenoxy) is 2. The summed E-state index contributed by atoms with van der Waals surface area (Å²) in [7, 11) is 1.51. The van der Waals surface area contributed by atoms with Gasteiger partial charge in [0.05, 0.1) is 13.7 Å². The lowest BCUT2D eigenvalue weighted by Crippen LogP contribution is -2.42. The second-order valence-corrected chi connectivity index (χ2v) is 5.27. The van der Waals surface area contributed by atoms with Gasteiger partial charge in [0.25, 0.3) is 5.91 Å². The Morgan fingerprint density at radius 2 is 2.09 bits per heavy atom. The first-order valence-electron chi connectivity index (χ1n) is 7.70. The average Bonchev–Trinajstić information content (AvgIpc) is 3.06. The molecule has 0 spiro atoms. The van der Waals surface area contributed by atoms with E-state index in [0.29, 0.717) is 30.1 Å². The molecule has 1 aliphatic carbocycles. The van der Waals surface area contributed by atoms with E-state index < -0.39 is 5.91 Å². The zero-order chi connectivity index (χ0) is 16.7. The minimum Gasteiger partial charge on any atom is -0.493 e. The van der Waals surface area contributed by atoms with E-state index in [1.54, 1.807) is 18.2 Å². The number of allylic oxidation sites excluding steroid dienone is 2. The molecule has 1 aliphatic rings. The van der Waals surface area contributed by atoms with Gasteiger partial charge in [0.2, 0.25) is 5.91 Å². The minimum atomic E-state index is -0.401. The monoisotopic (exact) mass is 318 g/mol. The molecular formula is C17H22N2O4. The van der Waals surface area contributed by atoms with Gasteiger partial charge in [0, 0.05) is 12.0 Å². The number of hydrogen-bond acceptors (Lipinski definition) is 4. The highest BCUT2D eigenvalue weighted by atomic mass is 16.5. The van der Waals surface area contributed by atoms with Crippen molar-refractivity contribution < 1.29 is 19.1 Å². The number of nitrogens with one attached hydrogen (secondary N) is 2. The Labute approximate surface area is 135 Å². The summed E-state index contributed by atoms with van der Waals surface area (Å²) < 4.78 is 10.6. The largest absolute Gasteiger partial charge is 0.493 e. The van der Waals surface area contributed by atoms with E-state index in [0.717, 1.165) is 12.8 Å². The summed E-state index contributed by atoms with van der Waals surface area (Å²) >= 11 is 0. The number of hydrogen-bond donors (Lipinski definition) is 2. The summed E-state index contributed by atoms with van der Waals surface area (Å²) in [5.41, 5.74) is 5.24. The average molecular weight is 318 g/mol. The Kier molecular flexibility index (Phi) is 6.02. The quantitative estimate of drug-likeness (QED) is 0.623. The van der Waals surface area contributed by atoms with Crippen molar-refractivity contribution in [3.63, 3.8) is 0 Å². The van der Waals surface area contributed by atoms with Crippen molar-refractivity contribution in [3.05, 3.63) is 35.9 Å². The van der Waals surface area contributed by atoms with Crippen LogP contribution in [0.5, 0.6) is 11.5 Å². The second-order valence-electron chi connectivity index (χ2n) is 5.27. The van der Waals surface area contributed by atoms with Crippen molar-refractivity contribution in [2.45, 2.75) is 26.2 Å². The highest BCUT2D eigenvalue weighted by Crippen LogP contribution is 2.27. The maximum atomic E-state index is 12.1. The van der Waals surface area contributed by atoms with Gasteiger partial charge in [0.15, 0.2) is 11.5 Å². The van der Waals surface area contributed by atoms with Crippen molar-refractivity contribution in [1.82, 2.24) is 10.9 Å². The van der Waals surface area contributed by atoms with E-state index in [4.69, 9.17) is 9.47 Å². The SMILES string of the molecule is CCOc1ccc(C(=O)NNC(=O)C[C@@H]2C=CCC2)cc1OC. The molecule has 0 radical (unpaired) electrons. The van der Waals surface area contributed by atoms with Crippen LogP contribution < -0.4 is 20.3 Å². The van der Waals surface area contributed by atoms with Crippen molar-refractivity contribution in [2.24, 2.45) is 5.92 Å². The molecule has 1 atom stereocenters. The van der Waals surface area contributed by atoms with Gasteiger partial charge in [-0.25, -0.2) is 0 Å². The molecule has 0 saturated heterocycles. The molecule has 1 aromatic carbocycles. The van der Waals surface area contributed by atoms with Gasteiger partial charge in [0.1, 0.15) is 0 Å². The third-order valence-electron chi connectivity index (χ3n) is 3.60. The van der Waals surface area contributed by atoms with Crippen molar-refractivity contribution in [1.29, 1.82) is 0 Å². The van der Waals surface area contributed by atoms with Gasteiger partial charge >= 0.3 is 0 Å². The van der Waals surface area contributed by atoms with Crippen LogP contribution in [0.25, 0.3) is 0 Å². The van der Waals surface area contributed by atoms with Crippen LogP contribution in [-0.2, 0) is 4.79 Å². The molecule has 0 aliphatic heterocycles. The third-order valence-corrected chi connectivity index (χ3v) is 3.60. The van der Waals surface area contributed by atoms with Crippen LogP contribution in [0.1, 0.15) is 36.5 Å². The van der Waals surface area contributed by atoms with Crippen LogP contribution in [0, 0.1) is 5.92 Å². The first kappa shape index (κ1) is 16.9. The van der Waals surface area contributed by atoms with Crippen LogP contribution in [0.15, 0.2) is 30.4 Å². The lowest BCUT2D eigenvalue weighted by atomic mass is 10.1. The Balaban J connectivity index is 1.89. The van der Waals surface area contributed by atoms with E-state index >= 15 is 0 Å². The smallest absolute Gasteiger partial charge is 0.269 e. The maximum Gasteiger partial charge on any atom is 0.269 e. The number of amides is 2. The Hall–Kier alpha value is -2.50. The fourth-order valence-corrected chi connectivity index (χ4v) is 2.44. The molecule has 0 heterocycles. The number of benzene rings is 1. The number of methoxy groups -OCH3 is 1. The van der Waals surface area contributed by atoms with E-state index in [-0.39, 0.29) is 11.8 Å². The minimum absolute atomic E-state index is 0.201. The number of rotatable bonds is 6. The van der Waals surface area contributed by atoms with Gasteiger partial charge < -0.3 is 9.47 Å². The molecule has 23 heavy (non-hydrogen) atoms. The molecule has 0 unspecified atom stereocenters. The van der Waals surface area contributed by atoms with Gasteiger partial charge in [-0.2, -0.15) is 0 Å². The fraction of sp³-hybridized carbons (Fsp3) is 0.412. The first-order chi connectivity index (χ1) is 11.1. The lowest BCUT2D eigenvalue weighted by molar-refractivity contribution is -0.122. The first-order valence-corrected chi connectivity index (χ1v) is 7.70. The van der Waals surface area contributed by atoms with E-state index in [1.807, 2.05) is 13.0 Å². The van der Waals surface area contributed by atoms with E-state index in [9.17, 15) is 9.59 Å². The summed E-state index contributed by atoms with van der Waals surface area (Å²) in [4.78, 5) is 23.9. The molecular weight excluding hydrogens is 296 g/mol. The van der Waals surface area contributed by atoms with Gasteiger partial charge in [-0.3, -0.25) is 20.4 Å². The van der Waals surface area contributed by atoms with Crippen LogP contribution in [0.3, 0.4) is 0 Å². The summed E-state index contributed by atoms with van der Waals surface area (Å²) in [6, 6.07) is 4.86. The fourth-order valence-electron chi connectivity index (χ4n) is 2.44. The normalized spacial score (nSPS) is 16.0. The van der Waals surface area contributed by atoms with Gasteiger partial charge in [-0.1, -0.05) is 12.2 Å². The van der Waals surface area contributed by atoms with E-state index in [2.05, 4.69) is 16.9 Å². The standard InChI is InChI=1S/C17H22N2O4/c1-3-23-14-9-8-13(11-15(14)22-2)17(21)19-18-16(20)10-12-6-4-5-7-12/h4,6,8-9,11-12H,3,5,7,10H2,1-2H3,(H,18,20)(H,19,21)/t12-/m1/s1. The topological polar surface area (TPSA) is 76.7 Å². The van der Waals surface area contributed by atoms with Crippen molar-refractivity contribution >= 4 is 11.8 Å². The molecule has 2 rings (SSSR count). The summed E-state index contributed by atoms with van der Waals surface area (Å²) in [5, 5.41) is 0. The molecule has 6 heteroatoms. The van der Waals surface area contributed by atoms with Crippen LogP contribution in [0.4, 0.5) is 0 Å². The molecule has 1 aromatic rings. The predicted molar refractivity (Wildman–Crippen MR) is 86.3 cm³/mol. The lowest BCUT2D eigenvalue weighted by Gasteiger charge is -2.12. The molecule has 0 saturated carbocycles. The molecule has 0 fully saturated rings. The second kappa shape index (κ2) is 8.22. The predicted octanol–water partition coefficient (Wildman–Crippen LogP) is 2.21. The number of carbonyl (C=O) groups excluding carboxylic acids is 2. The highest BCUT2D eigenvalue weighted by molar-refractivity contribution is 5.96. The molecule has 6 nitrogen and oxygen atoms in total. The zero-order valence-electron chi connectivity index (χ0n) is 13.4. The summed E-state index contributed by atoms with van der Waals surface area (Å²) in [5.74, 6) is 0.706. The van der Waals surface area contributed by atoms with Crippen LogP contribution in [-0.4, -0.2) is 25.5 Å². The van der Waals surface area contributed by atoms with Crippen LogP contribution in [0.2, 0.25) is 0 Å². The Morgan fingerprint density at radius 3 is 2.74 bits per heavy atom. The molecule has 0 aromatic heterocycles. The van der Waals surface area contributed by atoms with Gasteiger partial charge in [-0.05, 0) is 43.9 Å². The van der Waals surface area contributed by atoms with Crippen LogP contribution >= 0.6 is 0 Å². The Morgan fingerprint density at radius 1 is 1.26 bits per heavy atom. The zero-order valence-corrected chi connectivity index (χ0v) is 13.4. The molecule has 124 valence electrons.